The zero-order valence-electron chi connectivity index (χ0n) is 39.1. The predicted molar refractivity (Wildman–Crippen MR) is 290 cm³/mol. The lowest BCUT2D eigenvalue weighted by Crippen LogP contribution is -2.37. The Morgan fingerprint density at radius 2 is 1.12 bits per heavy atom. The highest BCUT2D eigenvalue weighted by Crippen LogP contribution is 2.38. The van der Waals surface area contributed by atoms with Gasteiger partial charge in [0.1, 0.15) is 11.0 Å². The van der Waals surface area contributed by atoms with Crippen LogP contribution in [0.25, 0.3) is 89.0 Å². The Balaban J connectivity index is 0.000000139. The molecule has 4 saturated heterocycles. The van der Waals surface area contributed by atoms with Gasteiger partial charge in [-0.05, 0) is 42.0 Å². The summed E-state index contributed by atoms with van der Waals surface area (Å²) >= 11 is 4.06. The summed E-state index contributed by atoms with van der Waals surface area (Å²) in [7, 11) is 0. The van der Waals surface area contributed by atoms with Crippen LogP contribution in [-0.2, 0) is 16.0 Å². The summed E-state index contributed by atoms with van der Waals surface area (Å²) in [6.07, 6.45) is 8.08. The van der Waals surface area contributed by atoms with Crippen LogP contribution in [0.1, 0.15) is 23.3 Å². The molecule has 0 unspecified atom stereocenters. The minimum atomic E-state index is 0. The molecule has 370 valence electrons. The number of thioether (sulfide) groups is 2. The molecule has 0 aliphatic carbocycles. The van der Waals surface area contributed by atoms with Gasteiger partial charge in [-0.1, -0.05) is 31.7 Å². The first-order chi connectivity index (χ1) is 35.1. The monoisotopic (exact) mass is 1000 g/mol. The Kier molecular flexibility index (Phi) is 14.3. The van der Waals surface area contributed by atoms with Crippen LogP contribution < -0.4 is 15.1 Å². The molecule has 0 saturated carbocycles. The van der Waals surface area contributed by atoms with Crippen LogP contribution in [0.3, 0.4) is 0 Å². The first kappa shape index (κ1) is 47.7. The molecule has 0 atom stereocenters. The average Bonchev–Trinajstić information content (AvgIpc) is 4.27. The molecular formula is C53H56N12O5S2. The number of H-pyrrole nitrogens is 2. The molecular weight excluding hydrogens is 949 g/mol. The summed E-state index contributed by atoms with van der Waals surface area (Å²) in [5, 5.41) is 7.07. The molecule has 0 bridgehead atoms. The van der Waals surface area contributed by atoms with Gasteiger partial charge in [-0.25, -0.2) is 29.9 Å². The molecule has 4 aliphatic heterocycles. The second-order valence-corrected chi connectivity index (χ2v) is 20.1. The van der Waals surface area contributed by atoms with Crippen molar-refractivity contribution in [2.45, 2.75) is 14.0 Å². The summed E-state index contributed by atoms with van der Waals surface area (Å²) < 4.78 is 23.5. The summed E-state index contributed by atoms with van der Waals surface area (Å²) in [6.45, 7) is 11.1. The van der Waals surface area contributed by atoms with Crippen molar-refractivity contribution in [3.8, 4) is 22.8 Å². The van der Waals surface area contributed by atoms with E-state index in [1.807, 2.05) is 72.4 Å². The lowest BCUT2D eigenvalue weighted by Gasteiger charge is -2.27. The van der Waals surface area contributed by atoms with Gasteiger partial charge in [0.15, 0.2) is 40.7 Å². The Morgan fingerprint density at radius 1 is 0.597 bits per heavy atom. The van der Waals surface area contributed by atoms with Crippen molar-refractivity contribution in [3.63, 3.8) is 0 Å². The summed E-state index contributed by atoms with van der Waals surface area (Å²) in [4.78, 5) is 53.6. The molecule has 2 aromatic carbocycles. The quantitative estimate of drug-likeness (QED) is 0.128. The minimum Gasteiger partial charge on any atom is -0.432 e. The van der Waals surface area contributed by atoms with E-state index in [0.29, 0.717) is 90.2 Å². The van der Waals surface area contributed by atoms with Gasteiger partial charge in [0, 0.05) is 145 Å². The lowest BCUT2D eigenvalue weighted by molar-refractivity contribution is 0.112. The first-order valence-corrected chi connectivity index (χ1v) is 26.5. The molecule has 17 nitrogen and oxygen atoms in total. The normalized spacial score (nSPS) is 16.7. The zero-order valence-corrected chi connectivity index (χ0v) is 40.7. The number of anilines is 2. The molecule has 10 aromatic rings. The highest BCUT2D eigenvalue weighted by molar-refractivity contribution is 7.99. The van der Waals surface area contributed by atoms with Crippen molar-refractivity contribution < 1.29 is 23.1 Å². The van der Waals surface area contributed by atoms with Gasteiger partial charge in [0.2, 0.25) is 11.4 Å². The number of aromatic amines is 2. The van der Waals surface area contributed by atoms with Crippen molar-refractivity contribution in [2.24, 2.45) is 0 Å². The second kappa shape index (κ2) is 21.6. The molecule has 0 radical (unpaired) electrons. The van der Waals surface area contributed by atoms with Gasteiger partial charge in [0.05, 0.1) is 37.2 Å². The number of pyridine rings is 2. The molecule has 72 heavy (non-hydrogen) atoms. The minimum absolute atomic E-state index is 0. The number of nitrogens with one attached hydrogen (secondary N) is 3. The van der Waals surface area contributed by atoms with E-state index in [2.05, 4.69) is 59.2 Å². The number of morpholine rings is 2. The molecule has 3 N–H and O–H groups in total. The average molecular weight is 1010 g/mol. The number of rotatable bonds is 7. The number of carbonyl (C=O) groups excluding carboxylic acids is 1. The van der Waals surface area contributed by atoms with Gasteiger partial charge in [0.25, 0.3) is 0 Å². The Labute approximate surface area is 423 Å². The third-order valence-corrected chi connectivity index (χ3v) is 15.1. The van der Waals surface area contributed by atoms with Crippen molar-refractivity contribution in [1.82, 2.24) is 50.1 Å². The molecule has 0 spiro atoms. The fourth-order valence-electron chi connectivity index (χ4n) is 9.55. The second-order valence-electron chi connectivity index (χ2n) is 17.7. The number of hydrogen-bond acceptors (Lipinski definition) is 17. The topological polar surface area (TPSA) is 192 Å². The highest BCUT2D eigenvalue weighted by Gasteiger charge is 2.26. The Morgan fingerprint density at radius 3 is 1.64 bits per heavy atom. The molecule has 8 aromatic heterocycles. The van der Waals surface area contributed by atoms with Gasteiger partial charge < -0.3 is 43.4 Å². The van der Waals surface area contributed by atoms with Crippen molar-refractivity contribution >= 4 is 108 Å². The number of benzene rings is 2. The molecule has 4 aliphatic rings. The fraction of sp³-hybridized carbons (Fsp3) is 0.340. The molecule has 19 heteroatoms. The summed E-state index contributed by atoms with van der Waals surface area (Å²) in [5.74, 6) is 7.83. The van der Waals surface area contributed by atoms with Crippen LogP contribution in [0.15, 0.2) is 94.3 Å². The van der Waals surface area contributed by atoms with Gasteiger partial charge in [-0.3, -0.25) is 9.69 Å². The van der Waals surface area contributed by atoms with E-state index < -0.39 is 0 Å². The van der Waals surface area contributed by atoms with E-state index in [9.17, 15) is 4.79 Å². The standard InChI is InChI=1S/C26H26N6O2S.C22H17N5O3.C4H9NS.CH4/c1-2-19(18-4-5-27-21(18)3-1)24-29-22-20-14-17(16-31-8-12-35-13-9-31)15-28-26(20)34-23(22)25(30-24)32-6-10-33-11-7-32;28-12-13-10-16-18-19(30-22(16)24-11-13)21(27-6-8-29-9-7-27)26-20(25-18)15-2-1-3-17-14(15)4-5-23-17;1-3-6-4-2-5-1;/h1-5,14-15,27H,6-13,16H2;1-5,10-12,23H,6-9H2;5H,1-4H2;1H4. The third kappa shape index (κ3) is 9.71. The van der Waals surface area contributed by atoms with Crippen LogP contribution in [-0.4, -0.2) is 153 Å². The van der Waals surface area contributed by atoms with Crippen LogP contribution >= 0.6 is 23.5 Å². The maximum atomic E-state index is 11.3. The highest BCUT2D eigenvalue weighted by atomic mass is 32.2. The van der Waals surface area contributed by atoms with Crippen LogP contribution in [0, 0.1) is 0 Å². The van der Waals surface area contributed by atoms with Gasteiger partial charge >= 0.3 is 0 Å². The third-order valence-electron chi connectivity index (χ3n) is 13.2. The first-order valence-electron chi connectivity index (χ1n) is 24.2. The van der Waals surface area contributed by atoms with E-state index in [-0.39, 0.29) is 7.43 Å². The number of aromatic nitrogens is 8. The van der Waals surface area contributed by atoms with E-state index in [0.717, 1.165) is 94.5 Å². The van der Waals surface area contributed by atoms with E-state index >= 15 is 0 Å². The largest absolute Gasteiger partial charge is 0.432 e. The number of nitrogens with zero attached hydrogens (tertiary/aromatic N) is 9. The molecule has 14 rings (SSSR count). The number of furan rings is 2. The SMILES string of the molecule is C.C1CSCCN1.O=Cc1cnc2oc3c(N4CCOCC4)nc(-c4cccc5[nH]ccc45)nc3c2c1.c1cc(-c2nc(N3CCOCC3)c3oc4ncc(CN5CCSCC5)cc4c3n2)c2cc[nH]c2c1. The maximum absolute atomic E-state index is 11.3. The molecule has 12 heterocycles. The Bertz CT molecular complexity index is 3490. The molecule has 4 fully saturated rings. The van der Waals surface area contributed by atoms with Crippen molar-refractivity contribution in [1.29, 1.82) is 0 Å². The van der Waals surface area contributed by atoms with E-state index in [1.165, 1.54) is 47.9 Å². The predicted octanol–water partition coefficient (Wildman–Crippen LogP) is 8.83. The summed E-state index contributed by atoms with van der Waals surface area (Å²) in [5.41, 5.74) is 9.49. The van der Waals surface area contributed by atoms with Gasteiger partial charge in [-0.2, -0.15) is 23.5 Å². The number of ether oxygens (including phenoxy) is 2. The lowest BCUT2D eigenvalue weighted by atomic mass is 10.1. The number of fused-ring (bicyclic) bond motifs is 8. The smallest absolute Gasteiger partial charge is 0.229 e. The fourth-order valence-corrected chi connectivity index (χ4v) is 11.3. The number of carbonyl (C=O) groups is 1. The van der Waals surface area contributed by atoms with Gasteiger partial charge in [-0.15, -0.1) is 0 Å². The van der Waals surface area contributed by atoms with Crippen LogP contribution in [0.2, 0.25) is 0 Å². The van der Waals surface area contributed by atoms with Crippen molar-refractivity contribution in [2.75, 3.05) is 112 Å². The number of hydrogen-bond donors (Lipinski definition) is 3. The number of aldehydes is 1. The zero-order chi connectivity index (χ0) is 47.5. The maximum Gasteiger partial charge on any atom is 0.229 e. The van der Waals surface area contributed by atoms with Crippen LogP contribution in [0.5, 0.6) is 0 Å². The molecule has 0 amide bonds. The van der Waals surface area contributed by atoms with E-state index in [4.69, 9.17) is 43.2 Å². The van der Waals surface area contributed by atoms with E-state index in [1.54, 1.807) is 6.07 Å². The Hall–Kier alpha value is -6.61. The van der Waals surface area contributed by atoms with Crippen LogP contribution in [0.4, 0.5) is 11.6 Å². The summed E-state index contributed by atoms with van der Waals surface area (Å²) in [6, 6.07) is 20.3. The van der Waals surface area contributed by atoms with Crippen molar-refractivity contribution in [3.05, 3.63) is 96.6 Å².